The number of rotatable bonds is 2. The summed E-state index contributed by atoms with van der Waals surface area (Å²) in [5, 5.41) is 2.90. The zero-order valence-corrected chi connectivity index (χ0v) is 8.23. The molecule has 0 aromatic carbocycles. The highest BCUT2D eigenvalue weighted by Gasteiger charge is 2.50. The van der Waals surface area contributed by atoms with E-state index in [0.717, 1.165) is 6.42 Å². The summed E-state index contributed by atoms with van der Waals surface area (Å²) in [7, 11) is -5.51. The molecule has 2 rings (SSSR count). The molecule has 8 heteroatoms. The Morgan fingerprint density at radius 3 is 2.47 bits per heavy atom. The lowest BCUT2D eigenvalue weighted by Crippen LogP contribution is -2.29. The van der Waals surface area contributed by atoms with E-state index in [4.69, 9.17) is 0 Å². The molecule has 2 heterocycles. The minimum Gasteiger partial charge on any atom is -0.379 e. The summed E-state index contributed by atoms with van der Waals surface area (Å²) in [5.41, 5.74) is -5.37. The van der Waals surface area contributed by atoms with E-state index in [9.17, 15) is 21.6 Å². The second kappa shape index (κ2) is 3.11. The van der Waals surface area contributed by atoms with Gasteiger partial charge in [0.2, 0.25) is 0 Å². The second-order valence-electron chi connectivity index (χ2n) is 3.46. The van der Waals surface area contributed by atoms with Crippen LogP contribution in [0.25, 0.3) is 0 Å². The number of hydrogen-bond acceptors (Lipinski definition) is 4. The van der Waals surface area contributed by atoms with Crippen LogP contribution in [0.5, 0.6) is 0 Å². The van der Waals surface area contributed by atoms with Crippen molar-refractivity contribution in [3.63, 3.8) is 0 Å². The van der Waals surface area contributed by atoms with Crippen LogP contribution in [0, 0.1) is 0 Å². The van der Waals surface area contributed by atoms with E-state index in [1.165, 1.54) is 6.08 Å². The largest absolute Gasteiger partial charge is 0.534 e. The fraction of sp³-hybridized carbons (Fsp3) is 0.714. The highest BCUT2D eigenvalue weighted by Crippen LogP contribution is 2.33. The Morgan fingerprint density at radius 1 is 1.40 bits per heavy atom. The predicted molar refractivity (Wildman–Crippen MR) is 44.1 cm³/mol. The molecule has 0 aliphatic carbocycles. The Labute approximate surface area is 84.2 Å². The van der Waals surface area contributed by atoms with Crippen LogP contribution in [0.15, 0.2) is 11.8 Å². The Kier molecular flexibility index (Phi) is 2.23. The van der Waals surface area contributed by atoms with Crippen molar-refractivity contribution in [2.24, 2.45) is 0 Å². The lowest BCUT2D eigenvalue weighted by Gasteiger charge is -2.14. The van der Waals surface area contributed by atoms with Gasteiger partial charge in [0.15, 0.2) is 0 Å². The Hall–Kier alpha value is -0.760. The molecule has 0 radical (unpaired) electrons. The molecule has 2 bridgehead atoms. The van der Waals surface area contributed by atoms with Gasteiger partial charge in [0, 0.05) is 6.04 Å². The maximum atomic E-state index is 12.0. The third-order valence-electron chi connectivity index (χ3n) is 2.38. The first-order chi connectivity index (χ1) is 6.79. The van der Waals surface area contributed by atoms with Gasteiger partial charge in [-0.05, 0) is 18.9 Å². The third-order valence-corrected chi connectivity index (χ3v) is 3.36. The summed E-state index contributed by atoms with van der Waals surface area (Å²) in [6.07, 6.45) is 2.78. The number of nitrogens with one attached hydrogen (secondary N) is 1. The summed E-state index contributed by atoms with van der Waals surface area (Å²) in [5.74, 6) is -0.136. The molecule has 15 heavy (non-hydrogen) atoms. The molecular formula is C7H8F3NO3S. The van der Waals surface area contributed by atoms with Crippen molar-refractivity contribution < 1.29 is 25.8 Å². The molecule has 1 fully saturated rings. The van der Waals surface area contributed by atoms with Crippen molar-refractivity contribution in [1.82, 2.24) is 5.32 Å². The van der Waals surface area contributed by atoms with Crippen molar-refractivity contribution in [2.45, 2.75) is 30.4 Å². The normalized spacial score (nSPS) is 30.5. The van der Waals surface area contributed by atoms with Crippen molar-refractivity contribution in [1.29, 1.82) is 0 Å². The standard InChI is InChI=1S/C7H8F3NO3S/c8-7(9,10)15(12,13)14-6-3-4-1-2-5(6)11-4/h3-5,11H,1-2H2. The zero-order chi connectivity index (χ0) is 11.3. The van der Waals surface area contributed by atoms with Gasteiger partial charge in [0.1, 0.15) is 5.76 Å². The topological polar surface area (TPSA) is 55.4 Å². The van der Waals surface area contributed by atoms with Gasteiger partial charge < -0.3 is 9.50 Å². The lowest BCUT2D eigenvalue weighted by molar-refractivity contribution is -0.0524. The average Bonchev–Trinajstić information content (AvgIpc) is 2.61. The van der Waals surface area contributed by atoms with Crippen LogP contribution in [0.1, 0.15) is 12.8 Å². The molecule has 2 atom stereocenters. The van der Waals surface area contributed by atoms with Crippen LogP contribution >= 0.6 is 0 Å². The summed E-state index contributed by atoms with van der Waals surface area (Å²) >= 11 is 0. The molecule has 0 aromatic heterocycles. The minimum absolute atomic E-state index is 0.0616. The minimum atomic E-state index is -5.51. The smallest absolute Gasteiger partial charge is 0.379 e. The van der Waals surface area contributed by atoms with E-state index in [1.54, 1.807) is 0 Å². The van der Waals surface area contributed by atoms with Gasteiger partial charge in [-0.15, -0.1) is 0 Å². The highest BCUT2D eigenvalue weighted by atomic mass is 32.2. The SMILES string of the molecule is O=S(=O)(OC1=CC2CCC1N2)C(F)(F)F. The van der Waals surface area contributed by atoms with Gasteiger partial charge in [-0.1, -0.05) is 0 Å². The van der Waals surface area contributed by atoms with E-state index in [1.807, 2.05) is 0 Å². The van der Waals surface area contributed by atoms with E-state index in [-0.39, 0.29) is 11.8 Å². The summed E-state index contributed by atoms with van der Waals surface area (Å²) in [6.45, 7) is 0. The summed E-state index contributed by atoms with van der Waals surface area (Å²) in [6, 6.07) is -0.458. The molecule has 0 spiro atoms. The van der Waals surface area contributed by atoms with E-state index < -0.39 is 21.7 Å². The molecule has 2 aliphatic rings. The van der Waals surface area contributed by atoms with Crippen molar-refractivity contribution in [2.75, 3.05) is 0 Å². The molecule has 2 unspecified atom stereocenters. The number of alkyl halides is 3. The first kappa shape index (κ1) is 10.7. The monoisotopic (exact) mass is 243 g/mol. The third kappa shape index (κ3) is 1.83. The summed E-state index contributed by atoms with van der Waals surface area (Å²) < 4.78 is 61.3. The summed E-state index contributed by atoms with van der Waals surface area (Å²) in [4.78, 5) is 0. The molecule has 0 saturated carbocycles. The van der Waals surface area contributed by atoms with Crippen molar-refractivity contribution in [3.05, 3.63) is 11.8 Å². The molecule has 4 nitrogen and oxygen atoms in total. The van der Waals surface area contributed by atoms with Gasteiger partial charge in [-0.25, -0.2) is 0 Å². The Balaban J connectivity index is 2.14. The second-order valence-corrected chi connectivity index (χ2v) is 4.99. The van der Waals surface area contributed by atoms with Crippen LogP contribution < -0.4 is 5.32 Å². The Bertz CT molecular complexity index is 400. The van der Waals surface area contributed by atoms with Crippen LogP contribution in [-0.2, 0) is 14.3 Å². The fourth-order valence-electron chi connectivity index (χ4n) is 1.70. The van der Waals surface area contributed by atoms with Crippen LogP contribution in [0.2, 0.25) is 0 Å². The van der Waals surface area contributed by atoms with Gasteiger partial charge in [0.05, 0.1) is 6.04 Å². The lowest BCUT2D eigenvalue weighted by atomic mass is 10.1. The molecule has 0 amide bonds. The maximum absolute atomic E-state index is 12.0. The average molecular weight is 243 g/mol. The van der Waals surface area contributed by atoms with E-state index in [0.29, 0.717) is 6.42 Å². The van der Waals surface area contributed by atoms with Gasteiger partial charge in [0.25, 0.3) is 0 Å². The van der Waals surface area contributed by atoms with Crippen molar-refractivity contribution >= 4 is 10.1 Å². The van der Waals surface area contributed by atoms with Gasteiger partial charge >= 0.3 is 15.6 Å². The fourth-order valence-corrected chi connectivity index (χ4v) is 2.22. The molecule has 1 N–H and O–H groups in total. The van der Waals surface area contributed by atoms with Crippen molar-refractivity contribution in [3.8, 4) is 0 Å². The van der Waals surface area contributed by atoms with Gasteiger partial charge in [-0.3, -0.25) is 0 Å². The molecule has 2 aliphatic heterocycles. The molecule has 0 aromatic rings. The quantitative estimate of drug-likeness (QED) is 0.577. The first-order valence-corrected chi connectivity index (χ1v) is 5.69. The van der Waals surface area contributed by atoms with Crippen LogP contribution in [0.4, 0.5) is 13.2 Å². The highest BCUT2D eigenvalue weighted by molar-refractivity contribution is 7.87. The predicted octanol–water partition coefficient (Wildman–Crippen LogP) is 0.871. The van der Waals surface area contributed by atoms with Crippen LogP contribution in [0.3, 0.4) is 0 Å². The molecule has 86 valence electrons. The van der Waals surface area contributed by atoms with E-state index >= 15 is 0 Å². The number of hydrogen-bond donors (Lipinski definition) is 1. The molecular weight excluding hydrogens is 235 g/mol. The number of halogens is 3. The zero-order valence-electron chi connectivity index (χ0n) is 7.41. The maximum Gasteiger partial charge on any atom is 0.534 e. The van der Waals surface area contributed by atoms with Gasteiger partial charge in [-0.2, -0.15) is 21.6 Å². The van der Waals surface area contributed by atoms with E-state index in [2.05, 4.69) is 9.50 Å². The molecule has 1 saturated heterocycles. The van der Waals surface area contributed by atoms with Crippen LogP contribution in [-0.4, -0.2) is 26.0 Å². The number of fused-ring (bicyclic) bond motifs is 2. The Morgan fingerprint density at radius 2 is 2.07 bits per heavy atom. The first-order valence-electron chi connectivity index (χ1n) is 4.28.